The first-order chi connectivity index (χ1) is 12.9. The molecule has 7 nitrogen and oxygen atoms in total. The number of ether oxygens (including phenoxy) is 1. The maximum atomic E-state index is 12.1. The zero-order valence-electron chi connectivity index (χ0n) is 15.0. The Morgan fingerprint density at radius 1 is 1.04 bits per heavy atom. The van der Waals surface area contributed by atoms with Crippen LogP contribution in [0.5, 0.6) is 5.75 Å². The quantitative estimate of drug-likeness (QED) is 0.678. The van der Waals surface area contributed by atoms with Crippen LogP contribution in [-0.4, -0.2) is 30.9 Å². The number of nitrogens with one attached hydrogen (secondary N) is 3. The van der Waals surface area contributed by atoms with Gasteiger partial charge in [-0.1, -0.05) is 11.6 Å². The van der Waals surface area contributed by atoms with Crippen LogP contribution < -0.4 is 20.7 Å². The predicted octanol–water partition coefficient (Wildman–Crippen LogP) is 3.07. The van der Waals surface area contributed by atoms with Gasteiger partial charge < -0.3 is 20.7 Å². The van der Waals surface area contributed by atoms with E-state index in [-0.39, 0.29) is 18.4 Å². The summed E-state index contributed by atoms with van der Waals surface area (Å²) in [5.41, 5.74) is 1.33. The molecule has 0 fully saturated rings. The van der Waals surface area contributed by atoms with E-state index < -0.39 is 5.91 Å². The van der Waals surface area contributed by atoms with Crippen LogP contribution in [0.4, 0.5) is 11.4 Å². The molecule has 3 N–H and O–H groups in total. The summed E-state index contributed by atoms with van der Waals surface area (Å²) in [7, 11) is 0. The van der Waals surface area contributed by atoms with Crippen molar-refractivity contribution in [2.24, 2.45) is 0 Å². The summed E-state index contributed by atoms with van der Waals surface area (Å²) in [6.07, 6.45) is 0. The number of hydrogen-bond donors (Lipinski definition) is 3. The van der Waals surface area contributed by atoms with Crippen molar-refractivity contribution in [2.75, 3.05) is 23.8 Å². The van der Waals surface area contributed by atoms with Crippen LogP contribution in [0.2, 0.25) is 5.02 Å². The molecule has 0 saturated heterocycles. The van der Waals surface area contributed by atoms with Gasteiger partial charge in [-0.05, 0) is 49.4 Å². The van der Waals surface area contributed by atoms with E-state index in [4.69, 9.17) is 16.3 Å². The maximum Gasteiger partial charge on any atom is 0.251 e. The number of carbonyl (C=O) groups is 3. The highest BCUT2D eigenvalue weighted by molar-refractivity contribution is 6.34. The van der Waals surface area contributed by atoms with E-state index >= 15 is 0 Å². The molecule has 27 heavy (non-hydrogen) atoms. The Kier molecular flexibility index (Phi) is 7.19. The molecule has 2 aromatic rings. The highest BCUT2D eigenvalue weighted by Gasteiger charge is 2.10. The number of rotatable bonds is 7. The summed E-state index contributed by atoms with van der Waals surface area (Å²) in [4.78, 5) is 35.1. The van der Waals surface area contributed by atoms with Gasteiger partial charge in [0, 0.05) is 18.2 Å². The molecule has 0 radical (unpaired) electrons. The molecule has 0 spiro atoms. The minimum Gasteiger partial charge on any atom is -0.494 e. The third-order valence-corrected chi connectivity index (χ3v) is 3.71. The van der Waals surface area contributed by atoms with Gasteiger partial charge in [-0.3, -0.25) is 14.4 Å². The van der Waals surface area contributed by atoms with Crippen LogP contribution in [0.15, 0.2) is 42.5 Å². The average molecular weight is 390 g/mol. The highest BCUT2D eigenvalue weighted by Crippen LogP contribution is 2.25. The largest absolute Gasteiger partial charge is 0.494 e. The van der Waals surface area contributed by atoms with Gasteiger partial charge in [0.2, 0.25) is 11.8 Å². The number of amides is 3. The maximum absolute atomic E-state index is 12.1. The monoisotopic (exact) mass is 389 g/mol. The van der Waals surface area contributed by atoms with E-state index in [2.05, 4.69) is 16.0 Å². The molecular weight excluding hydrogens is 370 g/mol. The van der Waals surface area contributed by atoms with Gasteiger partial charge in [0.1, 0.15) is 5.75 Å². The molecule has 0 bridgehead atoms. The molecule has 2 aromatic carbocycles. The van der Waals surface area contributed by atoms with Gasteiger partial charge in [-0.15, -0.1) is 0 Å². The van der Waals surface area contributed by atoms with E-state index in [1.807, 2.05) is 6.92 Å². The van der Waals surface area contributed by atoms with Crippen molar-refractivity contribution in [3.8, 4) is 5.75 Å². The summed E-state index contributed by atoms with van der Waals surface area (Å²) in [5, 5.41) is 8.03. The van der Waals surface area contributed by atoms with Crippen molar-refractivity contribution in [1.29, 1.82) is 0 Å². The van der Waals surface area contributed by atoms with Crippen molar-refractivity contribution in [1.82, 2.24) is 5.32 Å². The van der Waals surface area contributed by atoms with Crippen molar-refractivity contribution >= 4 is 40.7 Å². The van der Waals surface area contributed by atoms with E-state index in [1.165, 1.54) is 13.0 Å². The second-order valence-corrected chi connectivity index (χ2v) is 5.97. The molecular formula is C19H20ClN3O4. The zero-order valence-corrected chi connectivity index (χ0v) is 15.7. The standard InChI is InChI=1S/C19H20ClN3O4/c1-3-27-15-7-4-13(5-8-15)19(26)21-11-18(25)23-14-6-9-17(16(20)10-14)22-12(2)24/h4-10H,3,11H2,1-2H3,(H,21,26)(H,22,24)(H,23,25). The van der Waals surface area contributed by atoms with Crippen LogP contribution in [0.3, 0.4) is 0 Å². The Bertz CT molecular complexity index is 837. The lowest BCUT2D eigenvalue weighted by Gasteiger charge is -2.10. The molecule has 3 amide bonds. The normalized spacial score (nSPS) is 10.0. The van der Waals surface area contributed by atoms with Crippen molar-refractivity contribution < 1.29 is 19.1 Å². The lowest BCUT2D eigenvalue weighted by molar-refractivity contribution is -0.115. The van der Waals surface area contributed by atoms with E-state index in [0.29, 0.717) is 34.3 Å². The number of halogens is 1. The van der Waals surface area contributed by atoms with Crippen LogP contribution >= 0.6 is 11.6 Å². The fourth-order valence-corrected chi connectivity index (χ4v) is 2.45. The molecule has 0 aliphatic carbocycles. The highest BCUT2D eigenvalue weighted by atomic mass is 35.5. The Labute approximate surface area is 162 Å². The van der Waals surface area contributed by atoms with Gasteiger partial charge in [-0.25, -0.2) is 0 Å². The van der Waals surface area contributed by atoms with Gasteiger partial charge in [-0.2, -0.15) is 0 Å². The van der Waals surface area contributed by atoms with E-state index in [1.54, 1.807) is 36.4 Å². The molecule has 0 aliphatic heterocycles. The summed E-state index contributed by atoms with van der Waals surface area (Å²) in [5.74, 6) is -0.345. The summed E-state index contributed by atoms with van der Waals surface area (Å²) >= 11 is 6.05. The fourth-order valence-electron chi connectivity index (χ4n) is 2.22. The smallest absolute Gasteiger partial charge is 0.251 e. The fraction of sp³-hybridized carbons (Fsp3) is 0.211. The number of carbonyl (C=O) groups excluding carboxylic acids is 3. The van der Waals surface area contributed by atoms with Crippen molar-refractivity contribution in [2.45, 2.75) is 13.8 Å². The van der Waals surface area contributed by atoms with Crippen LogP contribution in [-0.2, 0) is 9.59 Å². The van der Waals surface area contributed by atoms with Crippen LogP contribution in [0.25, 0.3) is 0 Å². The van der Waals surface area contributed by atoms with Crippen LogP contribution in [0.1, 0.15) is 24.2 Å². The molecule has 0 saturated carbocycles. The Morgan fingerprint density at radius 3 is 2.33 bits per heavy atom. The van der Waals surface area contributed by atoms with Crippen molar-refractivity contribution in [3.63, 3.8) is 0 Å². The summed E-state index contributed by atoms with van der Waals surface area (Å²) in [6, 6.07) is 11.3. The molecule has 0 unspecified atom stereocenters. The van der Waals surface area contributed by atoms with Crippen LogP contribution in [0, 0.1) is 0 Å². The molecule has 0 atom stereocenters. The molecule has 142 valence electrons. The first kappa shape index (κ1) is 20.3. The predicted molar refractivity (Wildman–Crippen MR) is 104 cm³/mol. The molecule has 0 aliphatic rings. The van der Waals surface area contributed by atoms with Crippen molar-refractivity contribution in [3.05, 3.63) is 53.1 Å². The summed E-state index contributed by atoms with van der Waals surface area (Å²) in [6.45, 7) is 3.59. The summed E-state index contributed by atoms with van der Waals surface area (Å²) < 4.78 is 5.31. The van der Waals surface area contributed by atoms with Gasteiger partial charge >= 0.3 is 0 Å². The SMILES string of the molecule is CCOc1ccc(C(=O)NCC(=O)Nc2ccc(NC(C)=O)c(Cl)c2)cc1. The molecule has 2 rings (SSSR count). The first-order valence-corrected chi connectivity index (χ1v) is 8.65. The lowest BCUT2D eigenvalue weighted by Crippen LogP contribution is -2.32. The Balaban J connectivity index is 1.87. The third-order valence-electron chi connectivity index (χ3n) is 3.40. The van der Waals surface area contributed by atoms with Gasteiger partial charge in [0.15, 0.2) is 0 Å². The second kappa shape index (κ2) is 9.59. The number of benzene rings is 2. The number of anilines is 2. The minimum atomic E-state index is -0.405. The van der Waals surface area contributed by atoms with E-state index in [9.17, 15) is 14.4 Å². The Hall–Kier alpha value is -3.06. The second-order valence-electron chi connectivity index (χ2n) is 5.56. The Morgan fingerprint density at radius 2 is 1.74 bits per heavy atom. The van der Waals surface area contributed by atoms with Gasteiger partial charge in [0.25, 0.3) is 5.91 Å². The zero-order chi connectivity index (χ0) is 19.8. The van der Waals surface area contributed by atoms with E-state index in [0.717, 1.165) is 0 Å². The van der Waals surface area contributed by atoms with Gasteiger partial charge in [0.05, 0.1) is 23.9 Å². The topological polar surface area (TPSA) is 96.5 Å². The molecule has 0 heterocycles. The average Bonchev–Trinajstić information content (AvgIpc) is 2.62. The lowest BCUT2D eigenvalue weighted by atomic mass is 10.2. The third kappa shape index (κ3) is 6.31. The number of hydrogen-bond acceptors (Lipinski definition) is 4. The minimum absolute atomic E-state index is 0.197. The molecule has 8 heteroatoms. The first-order valence-electron chi connectivity index (χ1n) is 8.27. The molecule has 0 aromatic heterocycles.